The molecule has 146 valence electrons. The molecule has 4 nitrogen and oxygen atoms in total. The summed E-state index contributed by atoms with van der Waals surface area (Å²) in [6.07, 6.45) is 0. The smallest absolute Gasteiger partial charge is 0.174 e. The van der Waals surface area contributed by atoms with Crippen molar-refractivity contribution in [2.45, 2.75) is 12.8 Å². The minimum atomic E-state index is -0.913. The highest BCUT2D eigenvalue weighted by Crippen LogP contribution is 2.49. The number of methoxy groups -OCH3 is 1. The number of carbonyl (C=O) groups is 2. The molecule has 0 bridgehead atoms. The molecule has 3 aromatic rings. The van der Waals surface area contributed by atoms with Gasteiger partial charge in [0, 0.05) is 27.6 Å². The van der Waals surface area contributed by atoms with E-state index in [9.17, 15) is 9.59 Å². The number of rotatable bonds is 5. The van der Waals surface area contributed by atoms with Gasteiger partial charge in [0.05, 0.1) is 13.0 Å². The lowest BCUT2D eigenvalue weighted by Crippen LogP contribution is -2.31. The fourth-order valence-corrected chi connectivity index (χ4v) is 4.04. The van der Waals surface area contributed by atoms with Crippen molar-refractivity contribution in [1.29, 1.82) is 0 Å². The maximum Gasteiger partial charge on any atom is 0.174 e. The highest BCUT2D eigenvalue weighted by Gasteiger charge is 2.40. The molecule has 4 rings (SSSR count). The van der Waals surface area contributed by atoms with E-state index in [1.165, 1.54) is 6.92 Å². The van der Waals surface area contributed by atoms with Gasteiger partial charge in [-0.15, -0.1) is 0 Å². The summed E-state index contributed by atoms with van der Waals surface area (Å²) >= 11 is 6.25. The van der Waals surface area contributed by atoms with Crippen LogP contribution in [0.3, 0.4) is 0 Å². The summed E-state index contributed by atoms with van der Waals surface area (Å²) in [5, 5.41) is 0.521. The summed E-state index contributed by atoms with van der Waals surface area (Å²) in [5.74, 6) is -0.0857. The quantitative estimate of drug-likeness (QED) is 0.404. The number of carbonyl (C=O) groups excluding carboxylic acids is 2. The first-order valence-corrected chi connectivity index (χ1v) is 9.62. The third-order valence-electron chi connectivity index (χ3n) is 5.19. The largest absolute Gasteiger partial charge is 0.497 e. The molecular weight excluding hydrogens is 388 g/mol. The molecule has 5 heteroatoms. The van der Waals surface area contributed by atoms with E-state index in [1.54, 1.807) is 49.6 Å². The van der Waals surface area contributed by atoms with Gasteiger partial charge in [0.25, 0.3) is 0 Å². The molecule has 1 aliphatic rings. The van der Waals surface area contributed by atoms with Gasteiger partial charge in [0.2, 0.25) is 0 Å². The van der Waals surface area contributed by atoms with Crippen LogP contribution in [0.1, 0.15) is 34.3 Å². The van der Waals surface area contributed by atoms with Gasteiger partial charge in [-0.1, -0.05) is 41.9 Å². The van der Waals surface area contributed by atoms with Crippen molar-refractivity contribution in [3.63, 3.8) is 0 Å². The van der Waals surface area contributed by atoms with E-state index in [4.69, 9.17) is 21.1 Å². The highest BCUT2D eigenvalue weighted by atomic mass is 35.5. The topological polar surface area (TPSA) is 52.6 Å². The van der Waals surface area contributed by atoms with Crippen molar-refractivity contribution in [3.8, 4) is 17.2 Å². The highest BCUT2D eigenvalue weighted by molar-refractivity contribution is 6.30. The van der Waals surface area contributed by atoms with Crippen molar-refractivity contribution in [1.82, 2.24) is 0 Å². The second-order valence-corrected chi connectivity index (χ2v) is 7.42. The summed E-state index contributed by atoms with van der Waals surface area (Å²) in [7, 11) is 1.54. The second-order valence-electron chi connectivity index (χ2n) is 6.98. The molecule has 0 amide bonds. The van der Waals surface area contributed by atoms with Crippen LogP contribution in [-0.4, -0.2) is 18.7 Å². The van der Waals surface area contributed by atoms with Crippen LogP contribution in [0.5, 0.6) is 17.2 Å². The van der Waals surface area contributed by atoms with Crippen molar-refractivity contribution >= 4 is 23.2 Å². The maximum atomic E-state index is 13.5. The SMILES string of the molecule is COc1cccc(C(=O)[C@H](C(C)=O)[C@H]2c3ccccc3Oc3ccc(Cl)cc32)c1. The molecule has 0 aromatic heterocycles. The van der Waals surface area contributed by atoms with Gasteiger partial charge in [0.1, 0.15) is 23.0 Å². The third-order valence-corrected chi connectivity index (χ3v) is 5.42. The number of Topliss-reactive ketones (excluding diaryl/α,β-unsaturated/α-hetero) is 2. The Labute approximate surface area is 174 Å². The minimum Gasteiger partial charge on any atom is -0.497 e. The van der Waals surface area contributed by atoms with E-state index in [0.29, 0.717) is 27.8 Å². The van der Waals surface area contributed by atoms with Crippen LogP contribution in [0.4, 0.5) is 0 Å². The van der Waals surface area contributed by atoms with Crippen LogP contribution in [0.25, 0.3) is 0 Å². The standard InChI is InChI=1S/C24H19ClO4/c1-14(26)22(24(27)15-6-5-7-17(12-15)28-2)23-18-8-3-4-9-20(18)29-21-11-10-16(25)13-19(21)23/h3-13,22-23H,1-2H3/t22-,23+/m1/s1. The zero-order valence-electron chi connectivity index (χ0n) is 16.0. The van der Waals surface area contributed by atoms with Crippen LogP contribution < -0.4 is 9.47 Å². The van der Waals surface area contributed by atoms with Crippen LogP contribution in [0.2, 0.25) is 5.02 Å². The van der Waals surface area contributed by atoms with Crippen molar-refractivity contribution in [2.24, 2.45) is 5.92 Å². The number of hydrogen-bond donors (Lipinski definition) is 0. The number of fused-ring (bicyclic) bond motifs is 2. The van der Waals surface area contributed by atoms with Crippen molar-refractivity contribution in [3.05, 3.63) is 88.4 Å². The Kier molecular flexibility index (Phi) is 5.12. The Balaban J connectivity index is 1.89. The van der Waals surface area contributed by atoms with Crippen molar-refractivity contribution in [2.75, 3.05) is 7.11 Å². The van der Waals surface area contributed by atoms with Gasteiger partial charge in [-0.25, -0.2) is 0 Å². The van der Waals surface area contributed by atoms with Gasteiger partial charge in [0.15, 0.2) is 5.78 Å². The van der Waals surface area contributed by atoms with Crippen LogP contribution in [0.15, 0.2) is 66.7 Å². The van der Waals surface area contributed by atoms with E-state index in [0.717, 1.165) is 11.1 Å². The normalized spacial score (nSPS) is 15.5. The molecule has 29 heavy (non-hydrogen) atoms. The average molecular weight is 407 g/mol. The fourth-order valence-electron chi connectivity index (χ4n) is 3.86. The predicted molar refractivity (Wildman–Crippen MR) is 111 cm³/mol. The molecule has 0 radical (unpaired) electrons. The van der Waals surface area contributed by atoms with Crippen LogP contribution >= 0.6 is 11.6 Å². The second kappa shape index (κ2) is 7.72. The number of para-hydroxylation sites is 1. The van der Waals surface area contributed by atoms with Gasteiger partial charge < -0.3 is 9.47 Å². The Hall–Kier alpha value is -3.11. The number of ketones is 2. The Morgan fingerprint density at radius 1 is 0.966 bits per heavy atom. The molecule has 1 aliphatic heterocycles. The summed E-state index contributed by atoms with van der Waals surface area (Å²) in [5.41, 5.74) is 1.95. The molecule has 2 atom stereocenters. The van der Waals surface area contributed by atoms with E-state index in [1.807, 2.05) is 24.3 Å². The Bertz CT molecular complexity index is 1110. The van der Waals surface area contributed by atoms with Gasteiger partial charge in [-0.2, -0.15) is 0 Å². The third kappa shape index (κ3) is 3.52. The van der Waals surface area contributed by atoms with Gasteiger partial charge in [-0.05, 0) is 43.3 Å². The van der Waals surface area contributed by atoms with E-state index in [2.05, 4.69) is 0 Å². The number of ether oxygens (including phenoxy) is 2. The van der Waals surface area contributed by atoms with Gasteiger partial charge in [-0.3, -0.25) is 9.59 Å². The number of hydrogen-bond acceptors (Lipinski definition) is 4. The first-order chi connectivity index (χ1) is 14.0. The Morgan fingerprint density at radius 2 is 1.72 bits per heavy atom. The zero-order valence-corrected chi connectivity index (χ0v) is 16.8. The monoisotopic (exact) mass is 406 g/mol. The summed E-state index contributed by atoms with van der Waals surface area (Å²) in [4.78, 5) is 26.3. The molecule has 0 saturated carbocycles. The lowest BCUT2D eigenvalue weighted by molar-refractivity contribution is -0.119. The molecule has 3 aromatic carbocycles. The minimum absolute atomic E-state index is 0.217. The Morgan fingerprint density at radius 3 is 2.48 bits per heavy atom. The predicted octanol–water partition coefficient (Wildman–Crippen LogP) is 5.67. The zero-order chi connectivity index (χ0) is 20.5. The first-order valence-electron chi connectivity index (χ1n) is 9.24. The molecular formula is C24H19ClO4. The molecule has 0 fully saturated rings. The number of halogens is 1. The van der Waals surface area contributed by atoms with Crippen molar-refractivity contribution < 1.29 is 19.1 Å². The molecule has 0 N–H and O–H groups in total. The summed E-state index contributed by atoms with van der Waals surface area (Å²) in [6, 6.07) is 19.6. The van der Waals surface area contributed by atoms with E-state index >= 15 is 0 Å². The lowest BCUT2D eigenvalue weighted by Gasteiger charge is -2.32. The van der Waals surface area contributed by atoms with Crippen LogP contribution in [-0.2, 0) is 4.79 Å². The maximum absolute atomic E-state index is 13.5. The van der Waals surface area contributed by atoms with Gasteiger partial charge >= 0.3 is 0 Å². The van der Waals surface area contributed by atoms with Crippen LogP contribution in [0, 0.1) is 5.92 Å². The molecule has 0 aliphatic carbocycles. The van der Waals surface area contributed by atoms with E-state index in [-0.39, 0.29) is 11.6 Å². The molecule has 0 unspecified atom stereocenters. The molecule has 0 saturated heterocycles. The fraction of sp³-hybridized carbons (Fsp3) is 0.167. The lowest BCUT2D eigenvalue weighted by atomic mass is 9.74. The molecule has 0 spiro atoms. The average Bonchev–Trinajstić information content (AvgIpc) is 2.73. The molecule has 1 heterocycles. The summed E-state index contributed by atoms with van der Waals surface area (Å²) in [6.45, 7) is 1.45. The number of benzene rings is 3. The first kappa shape index (κ1) is 19.2. The summed E-state index contributed by atoms with van der Waals surface area (Å²) < 4.78 is 11.3. The van der Waals surface area contributed by atoms with E-state index < -0.39 is 11.8 Å².